The Morgan fingerprint density at radius 2 is 2.14 bits per heavy atom. The summed E-state index contributed by atoms with van der Waals surface area (Å²) >= 11 is 0. The third-order valence-electron chi connectivity index (χ3n) is 4.14. The molecule has 2 amide bonds. The first kappa shape index (κ1) is 17.3. The standard InChI is InChI=1S/C15H25N3O3/c1-4-6-15(13(19)20)7-10-17(11-15)14(21)18(12(2)3)9-5-8-16/h12H,4-7,9-11H2,1-3H3,(H,19,20). The fourth-order valence-electron chi connectivity index (χ4n) is 2.93. The predicted octanol–water partition coefficient (Wildman–Crippen LogP) is 2.31. The SMILES string of the molecule is CCCC1(C(=O)O)CCN(C(=O)N(CCC#N)C(C)C)C1. The van der Waals surface area contributed by atoms with Crippen LogP contribution in [-0.4, -0.2) is 52.6 Å². The Bertz CT molecular complexity index is 430. The van der Waals surface area contributed by atoms with Crippen LogP contribution in [0.15, 0.2) is 0 Å². The van der Waals surface area contributed by atoms with Gasteiger partial charge in [0.15, 0.2) is 0 Å². The molecular formula is C15H25N3O3. The second kappa shape index (κ2) is 7.30. The summed E-state index contributed by atoms with van der Waals surface area (Å²) in [7, 11) is 0. The van der Waals surface area contributed by atoms with Crippen molar-refractivity contribution in [2.75, 3.05) is 19.6 Å². The van der Waals surface area contributed by atoms with E-state index in [9.17, 15) is 14.7 Å². The molecule has 0 bridgehead atoms. The molecule has 0 aliphatic carbocycles. The number of urea groups is 1. The lowest BCUT2D eigenvalue weighted by Crippen LogP contribution is -2.47. The lowest BCUT2D eigenvalue weighted by molar-refractivity contribution is -0.148. The minimum atomic E-state index is -0.812. The van der Waals surface area contributed by atoms with Gasteiger partial charge in [-0.25, -0.2) is 4.79 Å². The van der Waals surface area contributed by atoms with Gasteiger partial charge in [-0.3, -0.25) is 4.79 Å². The number of carboxylic acid groups (broad SMARTS) is 1. The first-order chi connectivity index (χ1) is 9.88. The van der Waals surface area contributed by atoms with E-state index in [1.165, 1.54) is 0 Å². The number of carbonyl (C=O) groups is 2. The van der Waals surface area contributed by atoms with Gasteiger partial charge in [-0.1, -0.05) is 13.3 Å². The summed E-state index contributed by atoms with van der Waals surface area (Å²) in [6.45, 7) is 6.90. The van der Waals surface area contributed by atoms with Crippen LogP contribution in [0.2, 0.25) is 0 Å². The third kappa shape index (κ3) is 3.87. The summed E-state index contributed by atoms with van der Waals surface area (Å²) in [5.41, 5.74) is -0.803. The smallest absolute Gasteiger partial charge is 0.320 e. The summed E-state index contributed by atoms with van der Waals surface area (Å²) in [5, 5.41) is 18.2. The molecule has 1 saturated heterocycles. The molecule has 1 unspecified atom stereocenters. The Kier molecular flexibility index (Phi) is 6.01. The van der Waals surface area contributed by atoms with Crippen LogP contribution in [0.4, 0.5) is 4.79 Å². The van der Waals surface area contributed by atoms with Crippen LogP contribution in [0.5, 0.6) is 0 Å². The molecule has 1 rings (SSSR count). The maximum atomic E-state index is 12.6. The van der Waals surface area contributed by atoms with Crippen molar-refractivity contribution in [3.05, 3.63) is 0 Å². The van der Waals surface area contributed by atoms with E-state index in [1.807, 2.05) is 26.8 Å². The van der Waals surface area contributed by atoms with Crippen molar-refractivity contribution in [1.29, 1.82) is 5.26 Å². The number of carbonyl (C=O) groups excluding carboxylic acids is 1. The summed E-state index contributed by atoms with van der Waals surface area (Å²) in [4.78, 5) is 27.4. The number of likely N-dealkylation sites (tertiary alicyclic amines) is 1. The zero-order valence-electron chi connectivity index (χ0n) is 13.1. The average Bonchev–Trinajstić information content (AvgIpc) is 2.84. The Hall–Kier alpha value is -1.77. The number of aliphatic carboxylic acids is 1. The van der Waals surface area contributed by atoms with E-state index in [2.05, 4.69) is 0 Å². The van der Waals surface area contributed by atoms with Gasteiger partial charge in [0.25, 0.3) is 0 Å². The molecule has 1 N–H and O–H groups in total. The van der Waals surface area contributed by atoms with Crippen molar-refractivity contribution >= 4 is 12.0 Å². The van der Waals surface area contributed by atoms with Crippen LogP contribution in [0.3, 0.4) is 0 Å². The van der Waals surface area contributed by atoms with Crippen LogP contribution in [-0.2, 0) is 4.79 Å². The van der Waals surface area contributed by atoms with E-state index in [-0.39, 0.29) is 25.0 Å². The van der Waals surface area contributed by atoms with Crippen molar-refractivity contribution in [2.24, 2.45) is 5.41 Å². The van der Waals surface area contributed by atoms with Gasteiger partial charge in [0.05, 0.1) is 17.9 Å². The van der Waals surface area contributed by atoms with E-state index in [4.69, 9.17) is 5.26 Å². The van der Waals surface area contributed by atoms with E-state index in [1.54, 1.807) is 9.80 Å². The Balaban J connectivity index is 2.80. The summed E-state index contributed by atoms with van der Waals surface area (Å²) < 4.78 is 0. The first-order valence-corrected chi connectivity index (χ1v) is 7.54. The fraction of sp³-hybridized carbons (Fsp3) is 0.800. The lowest BCUT2D eigenvalue weighted by atomic mass is 9.83. The molecule has 1 heterocycles. The highest BCUT2D eigenvalue weighted by Crippen LogP contribution is 2.36. The molecule has 0 aromatic carbocycles. The van der Waals surface area contributed by atoms with Crippen molar-refractivity contribution in [1.82, 2.24) is 9.80 Å². The second-order valence-corrected chi connectivity index (χ2v) is 5.98. The van der Waals surface area contributed by atoms with Gasteiger partial charge < -0.3 is 14.9 Å². The number of nitrogens with zero attached hydrogens (tertiary/aromatic N) is 3. The largest absolute Gasteiger partial charge is 0.481 e. The number of carboxylic acids is 1. The highest BCUT2D eigenvalue weighted by atomic mass is 16.4. The van der Waals surface area contributed by atoms with E-state index < -0.39 is 11.4 Å². The number of hydrogen-bond acceptors (Lipinski definition) is 3. The van der Waals surface area contributed by atoms with Gasteiger partial charge in [-0.15, -0.1) is 0 Å². The maximum absolute atomic E-state index is 12.6. The lowest BCUT2D eigenvalue weighted by Gasteiger charge is -2.31. The highest BCUT2D eigenvalue weighted by Gasteiger charge is 2.46. The highest BCUT2D eigenvalue weighted by molar-refractivity contribution is 5.80. The zero-order valence-corrected chi connectivity index (χ0v) is 13.1. The molecule has 1 atom stereocenters. The summed E-state index contributed by atoms with van der Waals surface area (Å²) in [6, 6.07) is 1.89. The molecule has 0 saturated carbocycles. The number of hydrogen-bond donors (Lipinski definition) is 1. The summed E-state index contributed by atoms with van der Waals surface area (Å²) in [6.07, 6.45) is 2.17. The molecule has 6 nitrogen and oxygen atoms in total. The number of amides is 2. The van der Waals surface area contributed by atoms with E-state index >= 15 is 0 Å². The Morgan fingerprint density at radius 3 is 2.62 bits per heavy atom. The Labute approximate surface area is 126 Å². The van der Waals surface area contributed by atoms with Crippen LogP contribution >= 0.6 is 0 Å². The molecule has 118 valence electrons. The van der Waals surface area contributed by atoms with Crippen molar-refractivity contribution in [3.63, 3.8) is 0 Å². The number of rotatable bonds is 6. The van der Waals surface area contributed by atoms with E-state index in [0.717, 1.165) is 6.42 Å². The van der Waals surface area contributed by atoms with Crippen LogP contribution in [0.25, 0.3) is 0 Å². The van der Waals surface area contributed by atoms with Gasteiger partial charge >= 0.3 is 12.0 Å². The molecular weight excluding hydrogens is 270 g/mol. The van der Waals surface area contributed by atoms with Gasteiger partial charge in [0.1, 0.15) is 0 Å². The van der Waals surface area contributed by atoms with Crippen molar-refractivity contribution < 1.29 is 14.7 Å². The quantitative estimate of drug-likeness (QED) is 0.815. The van der Waals surface area contributed by atoms with Gasteiger partial charge in [-0.2, -0.15) is 5.26 Å². The van der Waals surface area contributed by atoms with Crippen LogP contribution in [0.1, 0.15) is 46.5 Å². The summed E-state index contributed by atoms with van der Waals surface area (Å²) in [5.74, 6) is -0.812. The van der Waals surface area contributed by atoms with Crippen LogP contribution in [0, 0.1) is 16.7 Å². The minimum absolute atomic E-state index is 0.00291. The topological polar surface area (TPSA) is 84.6 Å². The molecule has 6 heteroatoms. The Morgan fingerprint density at radius 1 is 1.48 bits per heavy atom. The van der Waals surface area contributed by atoms with Gasteiger partial charge in [0.2, 0.25) is 0 Å². The number of nitriles is 1. The molecule has 0 spiro atoms. The zero-order chi connectivity index (χ0) is 16.0. The van der Waals surface area contributed by atoms with Gasteiger partial charge in [0, 0.05) is 25.7 Å². The molecule has 0 aromatic heterocycles. The van der Waals surface area contributed by atoms with Gasteiger partial charge in [-0.05, 0) is 26.7 Å². The molecule has 0 aromatic rings. The first-order valence-electron chi connectivity index (χ1n) is 7.54. The molecule has 1 aliphatic rings. The van der Waals surface area contributed by atoms with Crippen LogP contribution < -0.4 is 0 Å². The molecule has 1 aliphatic heterocycles. The van der Waals surface area contributed by atoms with Crippen molar-refractivity contribution in [3.8, 4) is 6.07 Å². The van der Waals surface area contributed by atoms with E-state index in [0.29, 0.717) is 25.9 Å². The predicted molar refractivity (Wildman–Crippen MR) is 78.6 cm³/mol. The monoisotopic (exact) mass is 295 g/mol. The van der Waals surface area contributed by atoms with Crippen molar-refractivity contribution in [2.45, 2.75) is 52.5 Å². The molecule has 1 fully saturated rings. The molecule has 21 heavy (non-hydrogen) atoms. The molecule has 0 radical (unpaired) electrons. The third-order valence-corrected chi connectivity index (χ3v) is 4.14. The maximum Gasteiger partial charge on any atom is 0.320 e. The second-order valence-electron chi connectivity index (χ2n) is 5.98. The minimum Gasteiger partial charge on any atom is -0.481 e. The normalized spacial score (nSPS) is 21.4. The average molecular weight is 295 g/mol. The fourth-order valence-corrected chi connectivity index (χ4v) is 2.93.